The lowest BCUT2D eigenvalue weighted by Crippen LogP contribution is -2.53. The Balaban J connectivity index is 2.01. The molecule has 4 nitrogen and oxygen atoms in total. The zero-order valence-corrected chi connectivity index (χ0v) is 18.7. The van der Waals surface area contributed by atoms with Crippen molar-refractivity contribution in [2.45, 2.75) is 51.4 Å². The van der Waals surface area contributed by atoms with Crippen molar-refractivity contribution in [3.63, 3.8) is 0 Å². The highest BCUT2D eigenvalue weighted by Crippen LogP contribution is 2.15. The molecule has 0 fully saturated rings. The average molecular weight is 413 g/mol. The van der Waals surface area contributed by atoms with Crippen LogP contribution >= 0.6 is 11.8 Å². The Bertz CT molecular complexity index is 772. The van der Waals surface area contributed by atoms with Crippen molar-refractivity contribution < 1.29 is 9.59 Å². The summed E-state index contributed by atoms with van der Waals surface area (Å²) in [5, 5.41) is 2.99. The van der Waals surface area contributed by atoms with Crippen LogP contribution < -0.4 is 5.32 Å². The molecule has 0 aliphatic carbocycles. The van der Waals surface area contributed by atoms with Crippen LogP contribution in [0.5, 0.6) is 0 Å². The number of rotatable bonds is 9. The number of amides is 2. The Morgan fingerprint density at radius 1 is 0.966 bits per heavy atom. The predicted molar refractivity (Wildman–Crippen MR) is 122 cm³/mol. The maximum absolute atomic E-state index is 13.0. The third kappa shape index (κ3) is 8.32. The van der Waals surface area contributed by atoms with E-state index in [0.29, 0.717) is 12.3 Å². The molecule has 5 heteroatoms. The molecular weight excluding hydrogens is 380 g/mol. The van der Waals surface area contributed by atoms with Gasteiger partial charge in [-0.2, -0.15) is 0 Å². The minimum atomic E-state index is -0.511. The van der Waals surface area contributed by atoms with Crippen molar-refractivity contribution in [2.24, 2.45) is 0 Å². The first-order valence-electron chi connectivity index (χ1n) is 10.0. The molecule has 1 N–H and O–H groups in total. The third-order valence-corrected chi connectivity index (χ3v) is 5.48. The van der Waals surface area contributed by atoms with E-state index in [1.807, 2.05) is 76.2 Å². The van der Waals surface area contributed by atoms with Gasteiger partial charge in [0.2, 0.25) is 11.8 Å². The maximum Gasteiger partial charge on any atom is 0.242 e. The Morgan fingerprint density at radius 3 is 2.07 bits per heavy atom. The van der Waals surface area contributed by atoms with E-state index in [4.69, 9.17) is 0 Å². The molecule has 0 saturated carbocycles. The van der Waals surface area contributed by atoms with Crippen LogP contribution in [0.1, 0.15) is 38.8 Å². The van der Waals surface area contributed by atoms with E-state index in [1.54, 1.807) is 16.7 Å². The zero-order valence-electron chi connectivity index (χ0n) is 17.9. The second-order valence-corrected chi connectivity index (χ2v) is 9.20. The van der Waals surface area contributed by atoms with Crippen molar-refractivity contribution in [2.75, 3.05) is 12.3 Å². The predicted octanol–water partition coefficient (Wildman–Crippen LogP) is 4.29. The minimum absolute atomic E-state index is 0.00146. The summed E-state index contributed by atoms with van der Waals surface area (Å²) in [4.78, 5) is 27.4. The van der Waals surface area contributed by atoms with E-state index >= 15 is 0 Å². The first-order chi connectivity index (χ1) is 13.8. The lowest BCUT2D eigenvalue weighted by Gasteiger charge is -2.31. The van der Waals surface area contributed by atoms with E-state index in [1.165, 1.54) is 5.56 Å². The number of carbonyl (C=O) groups excluding carboxylic acids is 2. The fourth-order valence-electron chi connectivity index (χ4n) is 2.96. The Hall–Kier alpha value is -2.27. The molecule has 0 unspecified atom stereocenters. The van der Waals surface area contributed by atoms with Crippen LogP contribution in [0.3, 0.4) is 0 Å². The molecule has 156 valence electrons. The smallest absolute Gasteiger partial charge is 0.242 e. The molecule has 29 heavy (non-hydrogen) atoms. The molecule has 0 aliphatic rings. The van der Waals surface area contributed by atoms with Crippen molar-refractivity contribution in [3.05, 3.63) is 71.8 Å². The summed E-state index contributed by atoms with van der Waals surface area (Å²) in [5.41, 5.74) is 2.02. The van der Waals surface area contributed by atoms with E-state index in [0.717, 1.165) is 17.7 Å². The Morgan fingerprint density at radius 2 is 1.52 bits per heavy atom. The number of hydrogen-bond acceptors (Lipinski definition) is 3. The second-order valence-electron chi connectivity index (χ2n) is 8.22. The van der Waals surface area contributed by atoms with Crippen molar-refractivity contribution in [1.82, 2.24) is 10.2 Å². The van der Waals surface area contributed by atoms with Crippen LogP contribution in [0.2, 0.25) is 0 Å². The third-order valence-electron chi connectivity index (χ3n) is 4.49. The summed E-state index contributed by atoms with van der Waals surface area (Å²) in [7, 11) is 0. The fourth-order valence-corrected chi connectivity index (χ4v) is 3.83. The molecular formula is C24H32N2O2S. The average Bonchev–Trinajstić information content (AvgIpc) is 2.68. The monoisotopic (exact) mass is 412 g/mol. The molecule has 2 amide bonds. The normalized spacial score (nSPS) is 12.3. The van der Waals surface area contributed by atoms with Gasteiger partial charge in [0.25, 0.3) is 0 Å². The number of benzene rings is 2. The largest absolute Gasteiger partial charge is 0.350 e. The number of hydrogen-bond donors (Lipinski definition) is 1. The summed E-state index contributed by atoms with van der Waals surface area (Å²) in [5.74, 6) is 1.02. The van der Waals surface area contributed by atoms with Gasteiger partial charge in [-0.1, -0.05) is 60.7 Å². The van der Waals surface area contributed by atoms with Crippen LogP contribution in [-0.2, 0) is 21.8 Å². The van der Waals surface area contributed by atoms with Crippen LogP contribution in [-0.4, -0.2) is 40.6 Å². The summed E-state index contributed by atoms with van der Waals surface area (Å²) in [6.45, 7) is 8.18. The van der Waals surface area contributed by atoms with E-state index in [9.17, 15) is 9.59 Å². The van der Waals surface area contributed by atoms with Gasteiger partial charge < -0.3 is 10.2 Å². The highest BCUT2D eigenvalue weighted by atomic mass is 32.2. The molecule has 0 radical (unpaired) electrons. The van der Waals surface area contributed by atoms with Crippen molar-refractivity contribution in [3.8, 4) is 0 Å². The molecule has 2 rings (SSSR count). The standard InChI is InChI=1S/C24H32N2O2S/c1-19(23(28)25-24(2,3)4)26(16-15-20-11-7-5-8-12-20)22(27)18-29-17-21-13-9-6-10-14-21/h5-14,19H,15-18H2,1-4H3,(H,25,28)/t19-/m1/s1. The molecule has 2 aromatic rings. The minimum Gasteiger partial charge on any atom is -0.350 e. The molecule has 0 aromatic heterocycles. The molecule has 1 atom stereocenters. The fraction of sp³-hybridized carbons (Fsp3) is 0.417. The number of thioether (sulfide) groups is 1. The van der Waals surface area contributed by atoms with Crippen LogP contribution in [0.25, 0.3) is 0 Å². The maximum atomic E-state index is 13.0. The van der Waals surface area contributed by atoms with Gasteiger partial charge in [-0.25, -0.2) is 0 Å². The lowest BCUT2D eigenvalue weighted by atomic mass is 10.1. The van der Waals surface area contributed by atoms with Crippen LogP contribution in [0, 0.1) is 0 Å². The zero-order chi connectivity index (χ0) is 21.3. The first kappa shape index (κ1) is 23.0. The van der Waals surface area contributed by atoms with Gasteiger partial charge in [0.15, 0.2) is 0 Å². The van der Waals surface area contributed by atoms with E-state index in [2.05, 4.69) is 17.4 Å². The topological polar surface area (TPSA) is 49.4 Å². The highest BCUT2D eigenvalue weighted by molar-refractivity contribution is 7.99. The van der Waals surface area contributed by atoms with E-state index in [-0.39, 0.29) is 17.4 Å². The Kier molecular flexibility index (Phi) is 8.77. The Labute approximate surface area is 179 Å². The quantitative estimate of drug-likeness (QED) is 0.668. The van der Waals surface area contributed by atoms with Gasteiger partial charge in [-0.3, -0.25) is 9.59 Å². The van der Waals surface area contributed by atoms with Gasteiger partial charge in [0.1, 0.15) is 6.04 Å². The summed E-state index contributed by atoms with van der Waals surface area (Å²) in [6.07, 6.45) is 0.725. The van der Waals surface area contributed by atoms with Gasteiger partial charge in [0, 0.05) is 17.8 Å². The molecule has 0 heterocycles. The lowest BCUT2D eigenvalue weighted by molar-refractivity contribution is -0.138. The number of nitrogens with one attached hydrogen (secondary N) is 1. The number of carbonyl (C=O) groups is 2. The van der Waals surface area contributed by atoms with Crippen molar-refractivity contribution >= 4 is 23.6 Å². The van der Waals surface area contributed by atoms with Crippen molar-refractivity contribution in [1.29, 1.82) is 0 Å². The van der Waals surface area contributed by atoms with E-state index < -0.39 is 6.04 Å². The molecule has 2 aromatic carbocycles. The summed E-state index contributed by atoms with van der Waals surface area (Å²) < 4.78 is 0. The summed E-state index contributed by atoms with van der Waals surface area (Å²) >= 11 is 1.58. The number of nitrogens with zero attached hydrogens (tertiary/aromatic N) is 1. The molecule has 0 spiro atoms. The molecule has 0 bridgehead atoms. The highest BCUT2D eigenvalue weighted by Gasteiger charge is 2.27. The summed E-state index contributed by atoms with van der Waals surface area (Å²) in [6, 6.07) is 19.7. The second kappa shape index (κ2) is 11.1. The van der Waals surface area contributed by atoms with Gasteiger partial charge >= 0.3 is 0 Å². The van der Waals surface area contributed by atoms with Gasteiger partial charge in [-0.15, -0.1) is 11.8 Å². The van der Waals surface area contributed by atoms with Gasteiger partial charge in [-0.05, 0) is 45.2 Å². The first-order valence-corrected chi connectivity index (χ1v) is 11.2. The SMILES string of the molecule is C[C@H](C(=O)NC(C)(C)C)N(CCc1ccccc1)C(=O)CSCc1ccccc1. The molecule has 0 aliphatic heterocycles. The molecule has 0 saturated heterocycles. The van der Waals surface area contributed by atoms with Crippen LogP contribution in [0.15, 0.2) is 60.7 Å². The van der Waals surface area contributed by atoms with Gasteiger partial charge in [0.05, 0.1) is 5.75 Å². The van der Waals surface area contributed by atoms with Crippen LogP contribution in [0.4, 0.5) is 0 Å².